The van der Waals surface area contributed by atoms with E-state index in [0.717, 1.165) is 5.57 Å². The predicted octanol–water partition coefficient (Wildman–Crippen LogP) is 0.166. The molecular weight excluding hydrogens is 262 g/mol. The van der Waals surface area contributed by atoms with Crippen LogP contribution in [0.15, 0.2) is 17.1 Å². The fraction of sp³-hybridized carbons (Fsp3) is 0.615. The van der Waals surface area contributed by atoms with Gasteiger partial charge in [0, 0.05) is 6.54 Å². The van der Waals surface area contributed by atoms with Crippen LogP contribution in [0.4, 0.5) is 0 Å². The van der Waals surface area contributed by atoms with Crippen molar-refractivity contribution in [2.45, 2.75) is 13.3 Å². The fourth-order valence-electron chi connectivity index (χ4n) is 1.80. The summed E-state index contributed by atoms with van der Waals surface area (Å²) in [6.45, 7) is 7.16. The number of nitrogens with zero attached hydrogens (tertiary/aromatic N) is 1. The van der Waals surface area contributed by atoms with Crippen LogP contribution in [0.2, 0.25) is 0 Å². The molecule has 0 aliphatic carbocycles. The van der Waals surface area contributed by atoms with Crippen LogP contribution in [0.5, 0.6) is 0 Å². The molecule has 5 nitrogen and oxygen atoms in total. The van der Waals surface area contributed by atoms with E-state index in [-0.39, 0.29) is 17.4 Å². The van der Waals surface area contributed by atoms with E-state index in [2.05, 4.69) is 28.1 Å². The van der Waals surface area contributed by atoms with E-state index in [4.69, 9.17) is 6.42 Å². The van der Waals surface area contributed by atoms with E-state index in [1.165, 1.54) is 0 Å². The van der Waals surface area contributed by atoms with Gasteiger partial charge in [-0.3, -0.25) is 0 Å². The topological polar surface area (TPSA) is 70.6 Å². The molecule has 1 rings (SSSR count). The summed E-state index contributed by atoms with van der Waals surface area (Å²) in [4.78, 5) is 4.31. The molecule has 0 saturated carbocycles. The summed E-state index contributed by atoms with van der Waals surface area (Å²) in [7, 11) is -2.83. The van der Waals surface area contributed by atoms with Gasteiger partial charge in [0.05, 0.1) is 24.6 Å². The van der Waals surface area contributed by atoms with Crippen molar-refractivity contribution in [1.29, 1.82) is 0 Å². The van der Waals surface area contributed by atoms with Crippen LogP contribution in [0, 0.1) is 18.3 Å². The Morgan fingerprint density at radius 2 is 2.26 bits per heavy atom. The summed E-state index contributed by atoms with van der Waals surface area (Å²) < 4.78 is 22.7. The third-order valence-corrected chi connectivity index (χ3v) is 4.59. The fourth-order valence-corrected chi connectivity index (χ4v) is 3.66. The summed E-state index contributed by atoms with van der Waals surface area (Å²) in [5.74, 6) is 3.76. The zero-order valence-electron chi connectivity index (χ0n) is 11.3. The maximum absolute atomic E-state index is 11.4. The lowest BCUT2D eigenvalue weighted by atomic mass is 10.1. The second-order valence-electron chi connectivity index (χ2n) is 4.83. The van der Waals surface area contributed by atoms with Crippen molar-refractivity contribution in [2.24, 2.45) is 10.9 Å². The predicted molar refractivity (Wildman–Crippen MR) is 78.7 cm³/mol. The maximum Gasteiger partial charge on any atom is 0.192 e. The first-order valence-corrected chi connectivity index (χ1v) is 8.05. The van der Waals surface area contributed by atoms with Gasteiger partial charge in [0.25, 0.3) is 0 Å². The molecule has 1 atom stereocenters. The largest absolute Gasteiger partial charge is 0.356 e. The molecule has 0 aromatic carbocycles. The zero-order chi connectivity index (χ0) is 14.3. The Bertz CT molecular complexity index is 489. The van der Waals surface area contributed by atoms with Crippen LogP contribution in [-0.2, 0) is 9.84 Å². The Hall–Kier alpha value is -1.48. The molecule has 1 aliphatic heterocycles. The lowest BCUT2D eigenvalue weighted by Crippen LogP contribution is -2.40. The minimum absolute atomic E-state index is 0.146. The summed E-state index contributed by atoms with van der Waals surface area (Å²) >= 11 is 0. The highest BCUT2D eigenvalue weighted by Crippen LogP contribution is 2.17. The Kier molecular flexibility index (Phi) is 5.90. The smallest absolute Gasteiger partial charge is 0.192 e. The monoisotopic (exact) mass is 283 g/mol. The molecule has 6 heteroatoms. The van der Waals surface area contributed by atoms with E-state index in [1.54, 1.807) is 0 Å². The van der Waals surface area contributed by atoms with Crippen LogP contribution in [0.3, 0.4) is 0 Å². The Morgan fingerprint density at radius 1 is 1.53 bits per heavy atom. The minimum Gasteiger partial charge on any atom is -0.356 e. The molecule has 1 fully saturated rings. The van der Waals surface area contributed by atoms with Crippen LogP contribution in [0.25, 0.3) is 0 Å². The molecule has 0 aromatic rings. The minimum atomic E-state index is -2.83. The summed E-state index contributed by atoms with van der Waals surface area (Å²) in [5.41, 5.74) is 0.949. The third-order valence-electron chi connectivity index (χ3n) is 2.75. The number of rotatable bonds is 5. The van der Waals surface area contributed by atoms with Gasteiger partial charge in [-0.1, -0.05) is 18.1 Å². The van der Waals surface area contributed by atoms with Gasteiger partial charge >= 0.3 is 0 Å². The number of guanidine groups is 1. The standard InChI is InChI=1S/C13H21N3O2S/c1-4-6-14-13(15-8-11(2)3)16-9-12-5-7-19(17,18)10-12/h1,12H,2,5-10H2,3H3,(H2,14,15,16). The first-order chi connectivity index (χ1) is 8.93. The molecule has 0 bridgehead atoms. The van der Waals surface area contributed by atoms with Crippen molar-refractivity contribution < 1.29 is 8.42 Å². The van der Waals surface area contributed by atoms with Gasteiger partial charge in [-0.2, -0.15) is 0 Å². The van der Waals surface area contributed by atoms with Gasteiger partial charge in [0.15, 0.2) is 15.8 Å². The van der Waals surface area contributed by atoms with E-state index in [1.807, 2.05) is 6.92 Å². The van der Waals surface area contributed by atoms with E-state index in [9.17, 15) is 8.42 Å². The number of hydrogen-bond acceptors (Lipinski definition) is 3. The van der Waals surface area contributed by atoms with E-state index in [0.29, 0.717) is 32.0 Å². The van der Waals surface area contributed by atoms with Gasteiger partial charge in [0.2, 0.25) is 0 Å². The molecule has 0 amide bonds. The van der Waals surface area contributed by atoms with Crippen LogP contribution < -0.4 is 10.6 Å². The molecule has 1 unspecified atom stereocenters. The lowest BCUT2D eigenvalue weighted by Gasteiger charge is -2.13. The Labute approximate surface area is 115 Å². The number of terminal acetylenes is 1. The lowest BCUT2D eigenvalue weighted by molar-refractivity contribution is 0.568. The molecule has 0 radical (unpaired) electrons. The number of nitrogens with one attached hydrogen (secondary N) is 2. The highest BCUT2D eigenvalue weighted by atomic mass is 32.2. The first kappa shape index (κ1) is 15.6. The maximum atomic E-state index is 11.4. The molecule has 0 spiro atoms. The van der Waals surface area contributed by atoms with Crippen molar-refractivity contribution in [2.75, 3.05) is 31.1 Å². The van der Waals surface area contributed by atoms with Crippen LogP contribution in [0.1, 0.15) is 13.3 Å². The van der Waals surface area contributed by atoms with Gasteiger partial charge in [0.1, 0.15) is 0 Å². The van der Waals surface area contributed by atoms with Crippen LogP contribution >= 0.6 is 0 Å². The molecule has 19 heavy (non-hydrogen) atoms. The average molecular weight is 283 g/mol. The normalized spacial score (nSPS) is 21.7. The van der Waals surface area contributed by atoms with Gasteiger partial charge in [-0.05, 0) is 19.3 Å². The molecule has 106 valence electrons. The van der Waals surface area contributed by atoms with E-state index < -0.39 is 9.84 Å². The highest BCUT2D eigenvalue weighted by Gasteiger charge is 2.27. The average Bonchev–Trinajstić information content (AvgIpc) is 2.68. The SMILES string of the molecule is C#CCNC(=NCC(=C)C)NCC1CCS(=O)(=O)C1. The van der Waals surface area contributed by atoms with E-state index >= 15 is 0 Å². The zero-order valence-corrected chi connectivity index (χ0v) is 12.1. The number of hydrogen-bond donors (Lipinski definition) is 2. The molecule has 1 heterocycles. The molecule has 0 aromatic heterocycles. The quantitative estimate of drug-likeness (QED) is 0.326. The molecular formula is C13H21N3O2S. The van der Waals surface area contributed by atoms with Crippen molar-refractivity contribution in [1.82, 2.24) is 10.6 Å². The first-order valence-electron chi connectivity index (χ1n) is 6.23. The van der Waals surface area contributed by atoms with Crippen LogP contribution in [-0.4, -0.2) is 45.5 Å². The summed E-state index contributed by atoms with van der Waals surface area (Å²) in [5, 5.41) is 6.11. The van der Waals surface area contributed by atoms with Crippen molar-refractivity contribution in [3.05, 3.63) is 12.2 Å². The number of sulfone groups is 1. The highest BCUT2D eigenvalue weighted by molar-refractivity contribution is 7.91. The third kappa shape index (κ3) is 6.30. The van der Waals surface area contributed by atoms with Gasteiger partial charge in [-0.15, -0.1) is 6.42 Å². The second kappa shape index (κ2) is 7.19. The Morgan fingerprint density at radius 3 is 2.79 bits per heavy atom. The molecule has 1 saturated heterocycles. The van der Waals surface area contributed by atoms with Crippen molar-refractivity contribution >= 4 is 15.8 Å². The summed E-state index contributed by atoms with van der Waals surface area (Å²) in [6.07, 6.45) is 5.90. The number of aliphatic imine (C=N–C) groups is 1. The van der Waals surface area contributed by atoms with Gasteiger partial charge in [-0.25, -0.2) is 13.4 Å². The van der Waals surface area contributed by atoms with Crippen molar-refractivity contribution in [3.63, 3.8) is 0 Å². The van der Waals surface area contributed by atoms with Crippen molar-refractivity contribution in [3.8, 4) is 12.3 Å². The molecule has 2 N–H and O–H groups in total. The Balaban J connectivity index is 2.47. The molecule has 1 aliphatic rings. The summed E-state index contributed by atoms with van der Waals surface area (Å²) in [6, 6.07) is 0. The van der Waals surface area contributed by atoms with Gasteiger partial charge < -0.3 is 10.6 Å². The second-order valence-corrected chi connectivity index (χ2v) is 7.06.